The third-order valence-electron chi connectivity index (χ3n) is 3.22. The Morgan fingerprint density at radius 1 is 1.43 bits per heavy atom. The molecule has 2 rings (SSSR count). The number of thioether (sulfide) groups is 1. The smallest absolute Gasteiger partial charge is 0.304 e. The van der Waals surface area contributed by atoms with E-state index in [1.807, 2.05) is 24.3 Å². The zero-order valence-corrected chi connectivity index (χ0v) is 12.5. The summed E-state index contributed by atoms with van der Waals surface area (Å²) in [4.78, 5) is 22.4. The summed E-state index contributed by atoms with van der Waals surface area (Å²) in [7, 11) is 0. The molecule has 6 heteroatoms. The first kappa shape index (κ1) is 15.9. The van der Waals surface area contributed by atoms with Crippen molar-refractivity contribution in [2.24, 2.45) is 5.92 Å². The van der Waals surface area contributed by atoms with Gasteiger partial charge >= 0.3 is 5.97 Å². The number of aliphatic carboxylic acids is 1. The fourth-order valence-electron chi connectivity index (χ4n) is 2.07. The molecule has 2 N–H and O–H groups in total. The van der Waals surface area contributed by atoms with Crippen LogP contribution in [0.2, 0.25) is 0 Å². The molecule has 0 spiro atoms. The highest BCUT2D eigenvalue weighted by atomic mass is 32.2. The van der Waals surface area contributed by atoms with Gasteiger partial charge in [-0.15, -0.1) is 0 Å². The van der Waals surface area contributed by atoms with Crippen LogP contribution in [-0.4, -0.2) is 35.9 Å². The average molecular weight is 309 g/mol. The van der Waals surface area contributed by atoms with Crippen molar-refractivity contribution in [3.63, 3.8) is 0 Å². The number of carboxylic acids is 1. The molecule has 0 bridgehead atoms. The maximum atomic E-state index is 12.0. The molecule has 1 fully saturated rings. The predicted octanol–water partition coefficient (Wildman–Crippen LogP) is 2.37. The Balaban J connectivity index is 1.82. The Hall–Kier alpha value is -1.53. The maximum absolute atomic E-state index is 12.0. The molecule has 0 aliphatic carbocycles. The molecule has 1 aliphatic rings. The monoisotopic (exact) mass is 309 g/mol. The molecule has 21 heavy (non-hydrogen) atoms. The van der Waals surface area contributed by atoms with Crippen LogP contribution in [-0.2, 0) is 20.1 Å². The van der Waals surface area contributed by atoms with E-state index in [2.05, 4.69) is 5.32 Å². The number of ether oxygens (including phenoxy) is 1. The van der Waals surface area contributed by atoms with E-state index in [0.29, 0.717) is 19.0 Å². The Labute approximate surface area is 128 Å². The molecular formula is C15H19NO4S. The first-order valence-corrected chi connectivity index (χ1v) is 8.07. The largest absolute Gasteiger partial charge is 0.481 e. The van der Waals surface area contributed by atoms with Gasteiger partial charge in [-0.05, 0) is 24.1 Å². The average Bonchev–Trinajstić information content (AvgIpc) is 2.98. The SMILES string of the molecule is O=C(O)CCSCc1cccc(NC(=O)C2CCOC2)c1. The maximum Gasteiger partial charge on any atom is 0.304 e. The van der Waals surface area contributed by atoms with Crippen molar-refractivity contribution in [3.05, 3.63) is 29.8 Å². The Morgan fingerprint density at radius 2 is 2.29 bits per heavy atom. The lowest BCUT2D eigenvalue weighted by atomic mass is 10.1. The van der Waals surface area contributed by atoms with Crippen molar-refractivity contribution < 1.29 is 19.4 Å². The number of carbonyl (C=O) groups excluding carboxylic acids is 1. The number of carboxylic acid groups (broad SMARTS) is 1. The highest BCUT2D eigenvalue weighted by Crippen LogP contribution is 2.19. The van der Waals surface area contributed by atoms with Crippen LogP contribution in [0.5, 0.6) is 0 Å². The number of nitrogens with one attached hydrogen (secondary N) is 1. The minimum Gasteiger partial charge on any atom is -0.481 e. The summed E-state index contributed by atoms with van der Waals surface area (Å²) < 4.78 is 5.21. The van der Waals surface area contributed by atoms with Crippen LogP contribution in [0.1, 0.15) is 18.4 Å². The molecule has 1 amide bonds. The molecule has 1 atom stereocenters. The van der Waals surface area contributed by atoms with Gasteiger partial charge in [-0.1, -0.05) is 12.1 Å². The first-order chi connectivity index (χ1) is 10.1. The van der Waals surface area contributed by atoms with E-state index in [1.54, 1.807) is 11.8 Å². The fraction of sp³-hybridized carbons (Fsp3) is 0.467. The van der Waals surface area contributed by atoms with E-state index in [9.17, 15) is 9.59 Å². The number of rotatable bonds is 7. The van der Waals surface area contributed by atoms with Gasteiger partial charge in [-0.3, -0.25) is 9.59 Å². The third kappa shape index (κ3) is 5.40. The predicted molar refractivity (Wildman–Crippen MR) is 82.4 cm³/mol. The molecule has 1 unspecified atom stereocenters. The van der Waals surface area contributed by atoms with Crippen molar-refractivity contribution in [2.75, 3.05) is 24.3 Å². The zero-order valence-electron chi connectivity index (χ0n) is 11.7. The minimum atomic E-state index is -0.776. The second-order valence-electron chi connectivity index (χ2n) is 4.95. The van der Waals surface area contributed by atoms with Crippen molar-refractivity contribution in [1.29, 1.82) is 0 Å². The molecule has 1 saturated heterocycles. The van der Waals surface area contributed by atoms with Crippen molar-refractivity contribution in [3.8, 4) is 0 Å². The number of hydrogen-bond donors (Lipinski definition) is 2. The summed E-state index contributed by atoms with van der Waals surface area (Å²) in [6.45, 7) is 1.15. The van der Waals surface area contributed by atoms with Crippen LogP contribution in [0.25, 0.3) is 0 Å². The second-order valence-corrected chi connectivity index (χ2v) is 6.05. The van der Waals surface area contributed by atoms with Crippen molar-refractivity contribution in [2.45, 2.75) is 18.6 Å². The van der Waals surface area contributed by atoms with Gasteiger partial charge in [0.25, 0.3) is 0 Å². The summed E-state index contributed by atoms with van der Waals surface area (Å²) in [5.74, 6) is 0.499. The molecule has 0 saturated carbocycles. The molecule has 1 aromatic carbocycles. The second kappa shape index (κ2) is 8.05. The van der Waals surface area contributed by atoms with Gasteiger partial charge in [0.05, 0.1) is 18.9 Å². The van der Waals surface area contributed by atoms with Gasteiger partial charge in [0.15, 0.2) is 0 Å². The van der Waals surface area contributed by atoms with Gasteiger partial charge in [-0.2, -0.15) is 11.8 Å². The highest BCUT2D eigenvalue weighted by molar-refractivity contribution is 7.98. The summed E-state index contributed by atoms with van der Waals surface area (Å²) >= 11 is 1.57. The van der Waals surface area contributed by atoms with E-state index in [1.165, 1.54) is 0 Å². The van der Waals surface area contributed by atoms with E-state index in [4.69, 9.17) is 9.84 Å². The van der Waals surface area contributed by atoms with Crippen LogP contribution >= 0.6 is 11.8 Å². The molecule has 0 aromatic heterocycles. The minimum absolute atomic E-state index is 0.00294. The zero-order chi connectivity index (χ0) is 15.1. The Bertz CT molecular complexity index is 500. The molecule has 1 heterocycles. The van der Waals surface area contributed by atoms with E-state index in [-0.39, 0.29) is 18.2 Å². The number of benzene rings is 1. The molecule has 1 aromatic rings. The standard InChI is InChI=1S/C15H19NO4S/c17-14(18)5-7-21-10-11-2-1-3-13(8-11)16-15(19)12-4-6-20-9-12/h1-3,8,12H,4-7,9-10H2,(H,16,19)(H,17,18). The van der Waals surface area contributed by atoms with E-state index < -0.39 is 5.97 Å². The quantitative estimate of drug-likeness (QED) is 0.756. The Kier molecular flexibility index (Phi) is 6.07. The molecule has 1 aliphatic heterocycles. The van der Waals surface area contributed by atoms with E-state index >= 15 is 0 Å². The van der Waals surface area contributed by atoms with Gasteiger partial charge in [0.1, 0.15) is 0 Å². The summed E-state index contributed by atoms with van der Waals surface area (Å²) in [5, 5.41) is 11.5. The first-order valence-electron chi connectivity index (χ1n) is 6.92. The van der Waals surface area contributed by atoms with Gasteiger partial charge < -0.3 is 15.2 Å². The lowest BCUT2D eigenvalue weighted by Crippen LogP contribution is -2.22. The normalized spacial score (nSPS) is 17.6. The van der Waals surface area contributed by atoms with Crippen LogP contribution in [0.3, 0.4) is 0 Å². The van der Waals surface area contributed by atoms with Gasteiger partial charge in [0.2, 0.25) is 5.91 Å². The molecule has 0 radical (unpaired) electrons. The lowest BCUT2D eigenvalue weighted by Gasteiger charge is -2.10. The summed E-state index contributed by atoms with van der Waals surface area (Å²) in [5.41, 5.74) is 1.86. The van der Waals surface area contributed by atoms with Crippen LogP contribution in [0.15, 0.2) is 24.3 Å². The van der Waals surface area contributed by atoms with Crippen LogP contribution in [0, 0.1) is 5.92 Å². The number of anilines is 1. The fourth-order valence-corrected chi connectivity index (χ4v) is 2.95. The van der Waals surface area contributed by atoms with Crippen LogP contribution < -0.4 is 5.32 Å². The lowest BCUT2D eigenvalue weighted by molar-refractivity contribution is -0.136. The van der Waals surface area contributed by atoms with Crippen molar-refractivity contribution >= 4 is 29.3 Å². The third-order valence-corrected chi connectivity index (χ3v) is 4.25. The summed E-state index contributed by atoms with van der Waals surface area (Å²) in [6.07, 6.45) is 0.944. The molecular weight excluding hydrogens is 290 g/mol. The van der Waals surface area contributed by atoms with E-state index in [0.717, 1.165) is 23.4 Å². The molecule has 114 valence electrons. The highest BCUT2D eigenvalue weighted by Gasteiger charge is 2.23. The number of amides is 1. The summed E-state index contributed by atoms with van der Waals surface area (Å²) in [6, 6.07) is 7.66. The van der Waals surface area contributed by atoms with Gasteiger partial charge in [-0.25, -0.2) is 0 Å². The van der Waals surface area contributed by atoms with Crippen molar-refractivity contribution in [1.82, 2.24) is 0 Å². The molecule has 5 nitrogen and oxygen atoms in total. The topological polar surface area (TPSA) is 75.6 Å². The number of hydrogen-bond acceptors (Lipinski definition) is 4. The van der Waals surface area contributed by atoms with Gasteiger partial charge in [0, 0.05) is 23.8 Å². The number of carbonyl (C=O) groups is 2. The Morgan fingerprint density at radius 3 is 3.00 bits per heavy atom. The van der Waals surface area contributed by atoms with Crippen LogP contribution in [0.4, 0.5) is 5.69 Å².